The summed E-state index contributed by atoms with van der Waals surface area (Å²) in [5, 5.41) is 12.5. The molecular formula is C13H14N2NaO3+. The van der Waals surface area contributed by atoms with Gasteiger partial charge < -0.3 is 15.4 Å². The van der Waals surface area contributed by atoms with Crippen molar-refractivity contribution in [2.24, 2.45) is 0 Å². The van der Waals surface area contributed by atoms with Gasteiger partial charge in [0.05, 0.1) is 0 Å². The van der Waals surface area contributed by atoms with Crippen LogP contribution in [0.3, 0.4) is 0 Å². The van der Waals surface area contributed by atoms with Crippen LogP contribution in [0.25, 0.3) is 10.9 Å². The molecule has 2 rings (SSSR count). The summed E-state index contributed by atoms with van der Waals surface area (Å²) in [6.07, 6.45) is 2.04. The second-order valence-electron chi connectivity index (χ2n) is 4.15. The summed E-state index contributed by atoms with van der Waals surface area (Å²) in [6.45, 7) is 1.31. The maximum atomic E-state index is 11.1. The molecule has 5 nitrogen and oxygen atoms in total. The van der Waals surface area contributed by atoms with E-state index in [1.165, 1.54) is 6.92 Å². The number of hydrogen-bond acceptors (Lipinski definition) is 2. The van der Waals surface area contributed by atoms with Gasteiger partial charge >= 0.3 is 35.5 Å². The third-order valence-corrected chi connectivity index (χ3v) is 2.77. The van der Waals surface area contributed by atoms with Crippen LogP contribution in [0, 0.1) is 0 Å². The minimum atomic E-state index is -1.03. The third kappa shape index (κ3) is 3.83. The molecular weight excluding hydrogens is 255 g/mol. The van der Waals surface area contributed by atoms with Gasteiger partial charge in [-0.25, -0.2) is 4.79 Å². The van der Waals surface area contributed by atoms with Crippen LogP contribution in [0.2, 0.25) is 0 Å². The molecule has 19 heavy (non-hydrogen) atoms. The molecule has 6 heteroatoms. The van der Waals surface area contributed by atoms with Gasteiger partial charge in [0.25, 0.3) is 0 Å². The molecule has 0 saturated carbocycles. The van der Waals surface area contributed by atoms with E-state index in [-0.39, 0.29) is 41.9 Å². The first-order chi connectivity index (χ1) is 8.58. The minimum Gasteiger partial charge on any atom is -0.480 e. The second kappa shape index (κ2) is 6.75. The average molecular weight is 269 g/mol. The molecule has 1 amide bonds. The van der Waals surface area contributed by atoms with Gasteiger partial charge in [0.1, 0.15) is 6.04 Å². The first kappa shape index (κ1) is 15.8. The molecule has 1 atom stereocenters. The van der Waals surface area contributed by atoms with Crippen molar-refractivity contribution in [3.05, 3.63) is 36.0 Å². The Balaban J connectivity index is 0.00000180. The smallest absolute Gasteiger partial charge is 0.480 e. The van der Waals surface area contributed by atoms with Crippen molar-refractivity contribution >= 4 is 22.8 Å². The molecule has 0 bridgehead atoms. The van der Waals surface area contributed by atoms with Crippen LogP contribution in [-0.4, -0.2) is 28.0 Å². The van der Waals surface area contributed by atoms with Crippen LogP contribution in [0.4, 0.5) is 0 Å². The van der Waals surface area contributed by atoms with Crippen LogP contribution < -0.4 is 34.9 Å². The third-order valence-electron chi connectivity index (χ3n) is 2.77. The van der Waals surface area contributed by atoms with E-state index in [1.54, 1.807) is 6.20 Å². The van der Waals surface area contributed by atoms with E-state index in [2.05, 4.69) is 10.3 Å². The van der Waals surface area contributed by atoms with E-state index in [4.69, 9.17) is 5.11 Å². The first-order valence-electron chi connectivity index (χ1n) is 5.63. The number of fused-ring (bicyclic) bond motifs is 1. The van der Waals surface area contributed by atoms with Crippen LogP contribution in [0.15, 0.2) is 30.5 Å². The molecule has 1 aromatic heterocycles. The van der Waals surface area contributed by atoms with Gasteiger partial charge in [0.2, 0.25) is 5.91 Å². The molecule has 2 aromatic rings. The number of hydrogen-bond donors (Lipinski definition) is 3. The molecule has 0 saturated heterocycles. The van der Waals surface area contributed by atoms with E-state index < -0.39 is 12.0 Å². The van der Waals surface area contributed by atoms with Gasteiger partial charge in [0.15, 0.2) is 0 Å². The number of benzene rings is 1. The summed E-state index contributed by atoms with van der Waals surface area (Å²) >= 11 is 0. The molecule has 3 N–H and O–H groups in total. The van der Waals surface area contributed by atoms with Crippen molar-refractivity contribution in [2.75, 3.05) is 0 Å². The van der Waals surface area contributed by atoms with Crippen LogP contribution in [-0.2, 0) is 16.0 Å². The predicted octanol–water partition coefficient (Wildman–Crippen LogP) is -1.70. The molecule has 0 aliphatic heterocycles. The number of carboxylic acids is 1. The van der Waals surface area contributed by atoms with Crippen molar-refractivity contribution in [3.63, 3.8) is 0 Å². The number of rotatable bonds is 4. The maximum Gasteiger partial charge on any atom is 1.00 e. The maximum absolute atomic E-state index is 11.1. The molecule has 0 fully saturated rings. The van der Waals surface area contributed by atoms with E-state index in [0.29, 0.717) is 0 Å². The fourth-order valence-electron chi connectivity index (χ4n) is 1.97. The average Bonchev–Trinajstić information content (AvgIpc) is 2.71. The summed E-state index contributed by atoms with van der Waals surface area (Å²) in [5.41, 5.74) is 1.84. The molecule has 94 valence electrons. The van der Waals surface area contributed by atoms with Gasteiger partial charge in [-0.1, -0.05) is 18.2 Å². The Hall–Kier alpha value is -1.30. The Kier molecular flexibility index (Phi) is 5.60. The van der Waals surface area contributed by atoms with Gasteiger partial charge in [0, 0.05) is 30.4 Å². The summed E-state index contributed by atoms with van der Waals surface area (Å²) in [6, 6.07) is 6.75. The number of carbonyl (C=O) groups excluding carboxylic acids is 1. The quantitative estimate of drug-likeness (QED) is 0.579. The van der Waals surface area contributed by atoms with Gasteiger partial charge in [-0.2, -0.15) is 0 Å². The number of H-pyrrole nitrogens is 1. The van der Waals surface area contributed by atoms with E-state index in [1.807, 2.05) is 24.3 Å². The fourth-order valence-corrected chi connectivity index (χ4v) is 1.97. The Morgan fingerprint density at radius 3 is 2.68 bits per heavy atom. The molecule has 0 radical (unpaired) electrons. The van der Waals surface area contributed by atoms with Crippen LogP contribution in [0.1, 0.15) is 12.5 Å². The second-order valence-corrected chi connectivity index (χ2v) is 4.15. The van der Waals surface area contributed by atoms with Crippen molar-refractivity contribution in [1.29, 1.82) is 0 Å². The largest absolute Gasteiger partial charge is 1.00 e. The summed E-state index contributed by atoms with van der Waals surface area (Å²) in [7, 11) is 0. The van der Waals surface area contributed by atoms with Gasteiger partial charge in [-0.3, -0.25) is 4.79 Å². The van der Waals surface area contributed by atoms with Crippen LogP contribution in [0.5, 0.6) is 0 Å². The van der Waals surface area contributed by atoms with Crippen molar-refractivity contribution in [3.8, 4) is 0 Å². The SMILES string of the molecule is CC(=O)NC(Cc1c[nH]c2ccccc12)C(=O)O.[Na+]. The zero-order chi connectivity index (χ0) is 13.1. The fraction of sp³-hybridized carbons (Fsp3) is 0.231. The zero-order valence-electron chi connectivity index (χ0n) is 10.9. The van der Waals surface area contributed by atoms with Gasteiger partial charge in [-0.15, -0.1) is 0 Å². The molecule has 0 aliphatic rings. The van der Waals surface area contributed by atoms with Gasteiger partial charge in [-0.05, 0) is 11.6 Å². The van der Waals surface area contributed by atoms with E-state index >= 15 is 0 Å². The summed E-state index contributed by atoms with van der Waals surface area (Å²) < 4.78 is 0. The number of para-hydroxylation sites is 1. The predicted molar refractivity (Wildman–Crippen MR) is 67.2 cm³/mol. The number of nitrogens with one attached hydrogen (secondary N) is 2. The number of aromatic nitrogens is 1. The molecule has 0 spiro atoms. The number of carbonyl (C=O) groups is 2. The Morgan fingerprint density at radius 1 is 1.37 bits per heavy atom. The standard InChI is InChI=1S/C13H14N2O3.Na/c1-8(16)15-12(13(17)18)6-9-7-14-11-5-3-2-4-10(9)11;/h2-5,7,12,14H,6H2,1H3,(H,15,16)(H,17,18);/q;+1. The Morgan fingerprint density at radius 2 is 2.05 bits per heavy atom. The minimum absolute atomic E-state index is 0. The molecule has 0 aliphatic carbocycles. The number of amides is 1. The Bertz CT molecular complexity index is 594. The molecule has 1 aromatic carbocycles. The first-order valence-corrected chi connectivity index (χ1v) is 5.63. The normalized spacial score (nSPS) is 11.6. The number of aromatic amines is 1. The summed E-state index contributed by atoms with van der Waals surface area (Å²) in [4.78, 5) is 25.1. The van der Waals surface area contributed by atoms with Crippen molar-refractivity contribution < 1.29 is 44.3 Å². The van der Waals surface area contributed by atoms with Crippen LogP contribution >= 0.6 is 0 Å². The van der Waals surface area contributed by atoms with Crippen molar-refractivity contribution in [1.82, 2.24) is 10.3 Å². The number of aliphatic carboxylic acids is 1. The topological polar surface area (TPSA) is 82.2 Å². The van der Waals surface area contributed by atoms with E-state index in [9.17, 15) is 9.59 Å². The number of carboxylic acid groups (broad SMARTS) is 1. The van der Waals surface area contributed by atoms with E-state index in [0.717, 1.165) is 16.5 Å². The Labute approximate surface area is 132 Å². The zero-order valence-corrected chi connectivity index (χ0v) is 12.9. The summed E-state index contributed by atoms with van der Waals surface area (Å²) in [5.74, 6) is -1.38. The van der Waals surface area contributed by atoms with Crippen molar-refractivity contribution in [2.45, 2.75) is 19.4 Å². The monoisotopic (exact) mass is 269 g/mol. The molecule has 1 heterocycles. The molecule has 1 unspecified atom stereocenters.